The van der Waals surface area contributed by atoms with Gasteiger partial charge in [0, 0.05) is 13.6 Å². The van der Waals surface area contributed by atoms with Gasteiger partial charge in [0.05, 0.1) is 11.6 Å². The lowest BCUT2D eigenvalue weighted by Crippen LogP contribution is -2.50. The first-order chi connectivity index (χ1) is 8.18. The lowest BCUT2D eigenvalue weighted by atomic mass is 9.94. The first-order valence-corrected chi connectivity index (χ1v) is 6.16. The molecule has 0 aliphatic rings. The van der Waals surface area contributed by atoms with Crippen molar-refractivity contribution >= 4 is 11.9 Å². The van der Waals surface area contributed by atoms with Crippen LogP contribution in [0.2, 0.25) is 0 Å². The summed E-state index contributed by atoms with van der Waals surface area (Å²) in [6.45, 7) is 7.72. The number of rotatable bonds is 6. The summed E-state index contributed by atoms with van der Waals surface area (Å²) in [6, 6.07) is -1.08. The molecule has 0 saturated heterocycles. The van der Waals surface area contributed by atoms with Crippen LogP contribution in [0.15, 0.2) is 0 Å². The average molecular weight is 259 g/mol. The van der Waals surface area contributed by atoms with Gasteiger partial charge in [0.25, 0.3) is 0 Å². The average Bonchev–Trinajstić information content (AvgIpc) is 2.23. The Labute approximate surface area is 109 Å². The van der Waals surface area contributed by atoms with Gasteiger partial charge in [0.15, 0.2) is 0 Å². The summed E-state index contributed by atoms with van der Waals surface area (Å²) in [4.78, 5) is 22.5. The molecular weight excluding hydrogens is 234 g/mol. The van der Waals surface area contributed by atoms with E-state index in [-0.39, 0.29) is 0 Å². The van der Waals surface area contributed by atoms with Gasteiger partial charge < -0.3 is 15.7 Å². The summed E-state index contributed by atoms with van der Waals surface area (Å²) < 4.78 is 0. The first kappa shape index (κ1) is 16.9. The third kappa shape index (κ3) is 7.24. The number of carbonyl (C=O) groups is 2. The molecule has 0 spiro atoms. The van der Waals surface area contributed by atoms with Crippen LogP contribution in [0.5, 0.6) is 0 Å². The van der Waals surface area contributed by atoms with Crippen molar-refractivity contribution in [3.8, 4) is 0 Å². The Morgan fingerprint density at radius 2 is 1.83 bits per heavy atom. The van der Waals surface area contributed by atoms with E-state index in [1.165, 1.54) is 7.05 Å². The number of aliphatic hydroxyl groups is 1. The zero-order valence-corrected chi connectivity index (χ0v) is 11.8. The molecule has 106 valence electrons. The molecule has 0 aliphatic carbocycles. The Morgan fingerprint density at radius 3 is 2.28 bits per heavy atom. The number of hydrogen-bond acceptors (Lipinski definition) is 4. The summed E-state index contributed by atoms with van der Waals surface area (Å²) >= 11 is 0. The standard InChI is InChI=1S/C12H25N3O3/c1-8(2)6-12(4,18)7-14-9(3)10(16)15-11(17)13-5/h8-9,14,18H,6-7H2,1-5H3,(H2,13,15,16,17). The van der Waals surface area contributed by atoms with Crippen LogP contribution >= 0.6 is 0 Å². The minimum atomic E-state index is -0.865. The maximum atomic E-state index is 11.5. The number of imide groups is 1. The highest BCUT2D eigenvalue weighted by Crippen LogP contribution is 2.15. The molecule has 0 rings (SSSR count). The highest BCUT2D eigenvalue weighted by Gasteiger charge is 2.24. The van der Waals surface area contributed by atoms with E-state index in [2.05, 4.69) is 16.0 Å². The predicted molar refractivity (Wildman–Crippen MR) is 70.1 cm³/mol. The second kappa shape index (κ2) is 7.33. The summed E-state index contributed by atoms with van der Waals surface area (Å²) in [7, 11) is 1.44. The second-order valence-electron chi connectivity index (χ2n) is 5.27. The van der Waals surface area contributed by atoms with Crippen LogP contribution in [0.1, 0.15) is 34.1 Å². The van der Waals surface area contributed by atoms with E-state index >= 15 is 0 Å². The lowest BCUT2D eigenvalue weighted by Gasteiger charge is -2.27. The molecule has 0 aliphatic heterocycles. The highest BCUT2D eigenvalue weighted by atomic mass is 16.3. The van der Waals surface area contributed by atoms with Gasteiger partial charge in [-0.15, -0.1) is 0 Å². The van der Waals surface area contributed by atoms with Crippen LogP contribution in [0.4, 0.5) is 4.79 Å². The van der Waals surface area contributed by atoms with Crippen LogP contribution in [0.3, 0.4) is 0 Å². The minimum Gasteiger partial charge on any atom is -0.389 e. The van der Waals surface area contributed by atoms with Crippen molar-refractivity contribution in [1.29, 1.82) is 0 Å². The van der Waals surface area contributed by atoms with Gasteiger partial charge in [-0.05, 0) is 26.2 Å². The molecule has 2 atom stereocenters. The number of hydrogen-bond donors (Lipinski definition) is 4. The Morgan fingerprint density at radius 1 is 1.28 bits per heavy atom. The Bertz CT molecular complexity index is 290. The fraction of sp³-hybridized carbons (Fsp3) is 0.833. The largest absolute Gasteiger partial charge is 0.389 e. The zero-order valence-electron chi connectivity index (χ0n) is 11.8. The molecule has 0 saturated carbocycles. The van der Waals surface area contributed by atoms with E-state index in [4.69, 9.17) is 0 Å². The van der Waals surface area contributed by atoms with E-state index in [1.807, 2.05) is 13.8 Å². The topological polar surface area (TPSA) is 90.5 Å². The van der Waals surface area contributed by atoms with Crippen molar-refractivity contribution in [2.75, 3.05) is 13.6 Å². The predicted octanol–water partition coefficient (Wildman–Crippen LogP) is 0.217. The van der Waals surface area contributed by atoms with E-state index in [1.54, 1.807) is 13.8 Å². The van der Waals surface area contributed by atoms with Crippen molar-refractivity contribution < 1.29 is 14.7 Å². The van der Waals surface area contributed by atoms with E-state index in [9.17, 15) is 14.7 Å². The molecule has 18 heavy (non-hydrogen) atoms. The van der Waals surface area contributed by atoms with E-state index in [0.29, 0.717) is 18.9 Å². The Hall–Kier alpha value is -1.14. The van der Waals surface area contributed by atoms with Gasteiger partial charge in [-0.25, -0.2) is 4.79 Å². The number of carbonyl (C=O) groups excluding carboxylic acids is 2. The Kier molecular flexibility index (Phi) is 6.86. The molecule has 3 amide bonds. The van der Waals surface area contributed by atoms with Crippen molar-refractivity contribution in [3.05, 3.63) is 0 Å². The number of amides is 3. The zero-order chi connectivity index (χ0) is 14.3. The van der Waals surface area contributed by atoms with Crippen LogP contribution in [-0.4, -0.2) is 42.3 Å². The Balaban J connectivity index is 4.12. The third-order valence-corrected chi connectivity index (χ3v) is 2.49. The van der Waals surface area contributed by atoms with Crippen LogP contribution in [-0.2, 0) is 4.79 Å². The minimum absolute atomic E-state index is 0.299. The first-order valence-electron chi connectivity index (χ1n) is 6.16. The lowest BCUT2D eigenvalue weighted by molar-refractivity contribution is -0.121. The second-order valence-corrected chi connectivity index (χ2v) is 5.27. The van der Waals surface area contributed by atoms with Gasteiger partial charge >= 0.3 is 6.03 Å². The fourth-order valence-electron chi connectivity index (χ4n) is 1.70. The molecule has 6 nitrogen and oxygen atoms in total. The molecule has 6 heteroatoms. The third-order valence-electron chi connectivity index (χ3n) is 2.49. The van der Waals surface area contributed by atoms with Crippen molar-refractivity contribution in [1.82, 2.24) is 16.0 Å². The van der Waals surface area contributed by atoms with Crippen LogP contribution in [0.25, 0.3) is 0 Å². The number of urea groups is 1. The quantitative estimate of drug-likeness (QED) is 0.549. The molecule has 0 aromatic heterocycles. The molecule has 0 aromatic carbocycles. The smallest absolute Gasteiger partial charge is 0.321 e. The maximum absolute atomic E-state index is 11.5. The van der Waals surface area contributed by atoms with Gasteiger partial charge in [-0.2, -0.15) is 0 Å². The van der Waals surface area contributed by atoms with Crippen molar-refractivity contribution in [2.24, 2.45) is 5.92 Å². The monoisotopic (exact) mass is 259 g/mol. The van der Waals surface area contributed by atoms with Gasteiger partial charge in [0.1, 0.15) is 0 Å². The van der Waals surface area contributed by atoms with Gasteiger partial charge in [0.2, 0.25) is 5.91 Å². The van der Waals surface area contributed by atoms with Gasteiger partial charge in [-0.1, -0.05) is 13.8 Å². The van der Waals surface area contributed by atoms with Crippen LogP contribution in [0, 0.1) is 5.92 Å². The van der Waals surface area contributed by atoms with E-state index in [0.717, 1.165) is 0 Å². The normalized spacial score (nSPS) is 15.9. The molecular formula is C12H25N3O3. The van der Waals surface area contributed by atoms with Crippen molar-refractivity contribution in [3.63, 3.8) is 0 Å². The highest BCUT2D eigenvalue weighted by molar-refractivity contribution is 5.96. The fourth-order valence-corrected chi connectivity index (χ4v) is 1.70. The molecule has 0 radical (unpaired) electrons. The maximum Gasteiger partial charge on any atom is 0.321 e. The molecule has 0 heterocycles. The SMILES string of the molecule is CNC(=O)NC(=O)C(C)NCC(C)(O)CC(C)C. The molecule has 0 bridgehead atoms. The van der Waals surface area contributed by atoms with Crippen molar-refractivity contribution in [2.45, 2.75) is 45.8 Å². The summed E-state index contributed by atoms with van der Waals surface area (Å²) in [5.74, 6) is -0.0495. The summed E-state index contributed by atoms with van der Waals surface area (Å²) in [5, 5.41) is 17.5. The summed E-state index contributed by atoms with van der Waals surface area (Å²) in [5.41, 5.74) is -0.865. The van der Waals surface area contributed by atoms with E-state index < -0.39 is 23.6 Å². The molecule has 4 N–H and O–H groups in total. The van der Waals surface area contributed by atoms with Gasteiger partial charge in [-0.3, -0.25) is 10.1 Å². The van der Waals surface area contributed by atoms with Crippen LogP contribution < -0.4 is 16.0 Å². The molecule has 2 unspecified atom stereocenters. The molecule has 0 aromatic rings. The molecule has 0 fully saturated rings. The summed E-state index contributed by atoms with van der Waals surface area (Å²) in [6.07, 6.45) is 0.643. The number of nitrogens with one attached hydrogen (secondary N) is 3.